The molecular weight excluding hydrogens is 685 g/mol. The summed E-state index contributed by atoms with van der Waals surface area (Å²) in [6, 6.07) is 8.53. The van der Waals surface area contributed by atoms with Gasteiger partial charge in [-0.25, -0.2) is 9.97 Å². The lowest BCUT2D eigenvalue weighted by Gasteiger charge is -2.32. The van der Waals surface area contributed by atoms with Gasteiger partial charge in [-0.1, -0.05) is 12.2 Å². The predicted molar refractivity (Wildman–Crippen MR) is 213 cm³/mol. The van der Waals surface area contributed by atoms with Crippen molar-refractivity contribution >= 4 is 50.5 Å². The maximum absolute atomic E-state index is 11.2. The van der Waals surface area contributed by atoms with E-state index in [1.54, 1.807) is 18.3 Å². The molecule has 2 atom stereocenters. The Kier molecular flexibility index (Phi) is 12.0. The number of thiazole rings is 2. The summed E-state index contributed by atoms with van der Waals surface area (Å²) < 4.78 is 0. The number of ketones is 1. The summed E-state index contributed by atoms with van der Waals surface area (Å²) in [5.74, 6) is 1.56. The van der Waals surface area contributed by atoms with Crippen LogP contribution in [0, 0.1) is 11.8 Å². The zero-order valence-electron chi connectivity index (χ0n) is 30.4. The van der Waals surface area contributed by atoms with E-state index in [0.29, 0.717) is 18.3 Å². The van der Waals surface area contributed by atoms with Crippen molar-refractivity contribution in [2.75, 3.05) is 26.2 Å². The fraction of sp³-hybridized carbons (Fsp3) is 0.439. The van der Waals surface area contributed by atoms with Gasteiger partial charge in [-0.3, -0.25) is 24.6 Å². The number of rotatable bonds is 12. The van der Waals surface area contributed by atoms with Crippen LogP contribution in [0.5, 0.6) is 0 Å². The Bertz CT molecular complexity index is 1940. The van der Waals surface area contributed by atoms with E-state index < -0.39 is 0 Å². The minimum atomic E-state index is 0.177. The highest BCUT2D eigenvalue weighted by Crippen LogP contribution is 2.27. The van der Waals surface area contributed by atoms with Crippen LogP contribution in [-0.4, -0.2) is 71.7 Å². The third-order valence-electron chi connectivity index (χ3n) is 9.98. The molecule has 8 rings (SSSR count). The summed E-state index contributed by atoms with van der Waals surface area (Å²) in [6.07, 6.45) is 20.6. The Morgan fingerprint density at radius 1 is 0.750 bits per heavy atom. The minimum Gasteiger partial charge on any atom is -0.360 e. The number of hydrogen-bond acceptors (Lipinski definition) is 9. The first-order valence-electron chi connectivity index (χ1n) is 18.6. The first kappa shape index (κ1) is 36.3. The number of carbonyl (C=O) groups excluding carboxylic acids is 1. The predicted octanol–water partition coefficient (Wildman–Crippen LogP) is 8.20. The normalized spacial score (nSPS) is 18.4. The van der Waals surface area contributed by atoms with Gasteiger partial charge in [0.1, 0.15) is 10.8 Å². The molecule has 8 heterocycles. The standard InChI is InChI=1S/C21H26N4S.C20H24N4OS/c1-15(2)8-21-24-12-18(26-21)14-25-7-3-4-16(13-25)9-17-10-20-19(23-11-17)5-6-22-20;1-14(25)7-20-23-11-17(26-20)13-24-6-2-3-15(12-24)8-16-9-19-18(22-10-16)4-5-21-19/h5-6,10-12,16,22H,1,3-4,7-9,13-14H2,2H3;4-5,9-11,15,21H,2-3,6-8,12-13H2,1H3. The first-order valence-corrected chi connectivity index (χ1v) is 20.2. The Labute approximate surface area is 314 Å². The Morgan fingerprint density at radius 2 is 1.25 bits per heavy atom. The lowest BCUT2D eigenvalue weighted by atomic mass is 9.92. The molecule has 6 aromatic heterocycles. The van der Waals surface area contributed by atoms with Crippen LogP contribution in [0.3, 0.4) is 0 Å². The number of H-pyrrole nitrogens is 2. The third kappa shape index (κ3) is 10.1. The molecule has 6 aromatic rings. The lowest BCUT2D eigenvalue weighted by Crippen LogP contribution is -2.35. The molecule has 9 nitrogen and oxygen atoms in total. The number of fused-ring (bicyclic) bond motifs is 2. The average molecular weight is 735 g/mol. The van der Waals surface area contributed by atoms with Crippen molar-refractivity contribution in [3.05, 3.63) is 104 Å². The number of piperidine rings is 2. The van der Waals surface area contributed by atoms with Gasteiger partial charge in [0.25, 0.3) is 0 Å². The number of aromatic nitrogens is 6. The van der Waals surface area contributed by atoms with Gasteiger partial charge in [-0.05, 0) is 113 Å². The van der Waals surface area contributed by atoms with E-state index in [1.165, 1.54) is 63.7 Å². The van der Waals surface area contributed by atoms with Crippen molar-refractivity contribution in [2.45, 2.75) is 78.3 Å². The molecule has 0 spiro atoms. The highest BCUT2D eigenvalue weighted by atomic mass is 32.1. The number of carbonyl (C=O) groups is 1. The van der Waals surface area contributed by atoms with Gasteiger partial charge < -0.3 is 9.97 Å². The van der Waals surface area contributed by atoms with Gasteiger partial charge in [0, 0.05) is 79.5 Å². The first-order chi connectivity index (χ1) is 25.3. The average Bonchev–Trinajstić information content (AvgIpc) is 3.94. The second-order valence-electron chi connectivity index (χ2n) is 14.9. The Morgan fingerprint density at radius 3 is 1.73 bits per heavy atom. The number of pyridine rings is 2. The summed E-state index contributed by atoms with van der Waals surface area (Å²) in [5, 5.41) is 2.12. The van der Waals surface area contributed by atoms with E-state index in [2.05, 4.69) is 71.5 Å². The Hall–Kier alpha value is -4.03. The maximum Gasteiger partial charge on any atom is 0.136 e. The maximum atomic E-state index is 11.2. The number of nitrogens with zero attached hydrogens (tertiary/aromatic N) is 6. The molecule has 0 saturated carbocycles. The number of Topliss-reactive ketones (excluding diaryl/α,β-unsaturated/α-hetero) is 1. The van der Waals surface area contributed by atoms with Crippen LogP contribution in [0.4, 0.5) is 0 Å². The van der Waals surface area contributed by atoms with Crippen molar-refractivity contribution in [3.63, 3.8) is 0 Å². The van der Waals surface area contributed by atoms with Crippen molar-refractivity contribution < 1.29 is 4.79 Å². The lowest BCUT2D eigenvalue weighted by molar-refractivity contribution is -0.116. The molecule has 2 unspecified atom stereocenters. The minimum absolute atomic E-state index is 0.177. The summed E-state index contributed by atoms with van der Waals surface area (Å²) in [7, 11) is 0. The molecule has 0 amide bonds. The molecule has 2 saturated heterocycles. The summed E-state index contributed by atoms with van der Waals surface area (Å²) in [4.78, 5) is 43.6. The SMILES string of the molecule is C=C(C)Cc1ncc(CN2CCCC(Cc3cnc4cc[nH]c4c3)C2)s1.CC(=O)Cc1ncc(CN2CCCC(Cc3cnc4cc[nH]c4c3)C2)s1. The smallest absolute Gasteiger partial charge is 0.136 e. The van der Waals surface area contributed by atoms with E-state index in [9.17, 15) is 4.79 Å². The number of aromatic amines is 2. The Balaban J connectivity index is 0.000000162. The van der Waals surface area contributed by atoms with Crippen molar-refractivity contribution in [1.82, 2.24) is 39.7 Å². The van der Waals surface area contributed by atoms with Crippen LogP contribution in [0.2, 0.25) is 0 Å². The summed E-state index contributed by atoms with van der Waals surface area (Å²) in [5.41, 5.74) is 8.18. The van der Waals surface area contributed by atoms with Crippen LogP contribution < -0.4 is 0 Å². The molecule has 0 aromatic carbocycles. The molecule has 0 bridgehead atoms. The fourth-order valence-corrected chi connectivity index (χ4v) is 9.80. The van der Waals surface area contributed by atoms with Crippen LogP contribution in [0.15, 0.2) is 73.6 Å². The van der Waals surface area contributed by atoms with Gasteiger partial charge in [0.2, 0.25) is 0 Å². The zero-order valence-corrected chi connectivity index (χ0v) is 32.1. The molecule has 0 radical (unpaired) electrons. The number of allylic oxidation sites excluding steroid dienone is 1. The highest BCUT2D eigenvalue weighted by molar-refractivity contribution is 7.11. The summed E-state index contributed by atoms with van der Waals surface area (Å²) in [6.45, 7) is 14.3. The van der Waals surface area contributed by atoms with Crippen molar-refractivity contribution in [3.8, 4) is 0 Å². The quantitative estimate of drug-likeness (QED) is 0.122. The van der Waals surface area contributed by atoms with E-state index in [-0.39, 0.29) is 5.78 Å². The second-order valence-corrected chi connectivity index (χ2v) is 17.3. The third-order valence-corrected chi connectivity index (χ3v) is 11.9. The van der Waals surface area contributed by atoms with E-state index in [4.69, 9.17) is 0 Å². The van der Waals surface area contributed by atoms with Gasteiger partial charge >= 0.3 is 0 Å². The van der Waals surface area contributed by atoms with Crippen LogP contribution >= 0.6 is 22.7 Å². The monoisotopic (exact) mass is 734 g/mol. The van der Waals surface area contributed by atoms with Gasteiger partial charge in [-0.2, -0.15) is 0 Å². The van der Waals surface area contributed by atoms with Crippen LogP contribution in [0.25, 0.3) is 22.1 Å². The number of hydrogen-bond donors (Lipinski definition) is 2. The largest absolute Gasteiger partial charge is 0.360 e. The second kappa shape index (κ2) is 17.2. The molecule has 2 N–H and O–H groups in total. The van der Waals surface area contributed by atoms with Crippen molar-refractivity contribution in [2.24, 2.45) is 11.8 Å². The van der Waals surface area contributed by atoms with Crippen molar-refractivity contribution in [1.29, 1.82) is 0 Å². The fourth-order valence-electron chi connectivity index (χ4n) is 7.69. The molecule has 52 heavy (non-hydrogen) atoms. The molecule has 0 aliphatic carbocycles. The molecule has 2 aliphatic rings. The van der Waals surface area contributed by atoms with Gasteiger partial charge in [0.05, 0.1) is 33.5 Å². The highest BCUT2D eigenvalue weighted by Gasteiger charge is 2.23. The van der Waals surface area contributed by atoms with Crippen LogP contribution in [0.1, 0.15) is 70.4 Å². The van der Waals surface area contributed by atoms with Gasteiger partial charge in [-0.15, -0.1) is 22.7 Å². The molecule has 2 aliphatic heterocycles. The zero-order chi connectivity index (χ0) is 35.9. The van der Waals surface area contributed by atoms with E-state index in [0.717, 1.165) is 79.1 Å². The number of likely N-dealkylation sites (tertiary alicyclic amines) is 2. The molecule has 2 fully saturated rings. The van der Waals surface area contributed by atoms with E-state index in [1.807, 2.05) is 54.5 Å². The molecule has 11 heteroatoms. The topological polar surface area (TPSA) is 107 Å². The summed E-state index contributed by atoms with van der Waals surface area (Å²) >= 11 is 3.51. The van der Waals surface area contributed by atoms with E-state index >= 15 is 0 Å². The van der Waals surface area contributed by atoms with Gasteiger partial charge in [0.15, 0.2) is 0 Å². The number of nitrogens with one attached hydrogen (secondary N) is 2. The van der Waals surface area contributed by atoms with Crippen LogP contribution in [-0.2, 0) is 43.6 Å². The molecular formula is C41H50N8OS2. The molecule has 272 valence electrons.